The van der Waals surface area contributed by atoms with Crippen LogP contribution in [0.15, 0.2) is 41.1 Å². The Morgan fingerprint density at radius 2 is 2.15 bits per heavy atom. The summed E-state index contributed by atoms with van der Waals surface area (Å²) in [5.74, 6) is 0.969. The van der Waals surface area contributed by atoms with E-state index >= 15 is 0 Å². The summed E-state index contributed by atoms with van der Waals surface area (Å²) >= 11 is 0. The summed E-state index contributed by atoms with van der Waals surface area (Å²) in [6.45, 7) is 9.01. The molecule has 2 heterocycles. The number of furan rings is 1. The van der Waals surface area contributed by atoms with Crippen molar-refractivity contribution in [1.29, 1.82) is 0 Å². The van der Waals surface area contributed by atoms with E-state index in [1.807, 2.05) is 18.3 Å². The number of rotatable bonds is 7. The smallest absolute Gasteiger partial charge is 0.123 e. The molecule has 0 aromatic carbocycles. The van der Waals surface area contributed by atoms with Gasteiger partial charge >= 0.3 is 0 Å². The van der Waals surface area contributed by atoms with Gasteiger partial charge in [0.25, 0.3) is 0 Å². The topological polar surface area (TPSA) is 41.3 Å². The maximum atomic E-state index is 5.41. The van der Waals surface area contributed by atoms with Crippen molar-refractivity contribution in [3.8, 4) is 0 Å². The molecule has 0 aliphatic heterocycles. The van der Waals surface area contributed by atoms with Crippen LogP contribution < -0.4 is 10.2 Å². The molecule has 0 bridgehead atoms. The van der Waals surface area contributed by atoms with E-state index in [2.05, 4.69) is 48.1 Å². The van der Waals surface area contributed by atoms with Crippen LogP contribution >= 0.6 is 0 Å². The second kappa shape index (κ2) is 7.10. The predicted molar refractivity (Wildman–Crippen MR) is 81.8 cm³/mol. The lowest BCUT2D eigenvalue weighted by Crippen LogP contribution is -2.22. The van der Waals surface area contributed by atoms with Gasteiger partial charge in [-0.3, -0.25) is 4.98 Å². The largest absolute Gasteiger partial charge is 0.467 e. The van der Waals surface area contributed by atoms with E-state index in [0.29, 0.717) is 0 Å². The van der Waals surface area contributed by atoms with Crippen molar-refractivity contribution >= 4 is 5.69 Å². The average molecular weight is 273 g/mol. The highest BCUT2D eigenvalue weighted by atomic mass is 16.3. The van der Waals surface area contributed by atoms with E-state index < -0.39 is 0 Å². The van der Waals surface area contributed by atoms with Crippen molar-refractivity contribution < 1.29 is 4.42 Å². The normalized spacial score (nSPS) is 12.3. The summed E-state index contributed by atoms with van der Waals surface area (Å²) in [7, 11) is 0. The number of hydrogen-bond donors (Lipinski definition) is 1. The molecule has 0 fully saturated rings. The zero-order valence-electron chi connectivity index (χ0n) is 12.5. The van der Waals surface area contributed by atoms with Crippen molar-refractivity contribution in [1.82, 2.24) is 10.3 Å². The van der Waals surface area contributed by atoms with Crippen LogP contribution in [0, 0.1) is 0 Å². The molecule has 20 heavy (non-hydrogen) atoms. The van der Waals surface area contributed by atoms with Crippen LogP contribution in [0.3, 0.4) is 0 Å². The molecule has 1 atom stereocenters. The third-order valence-corrected chi connectivity index (χ3v) is 3.40. The molecule has 0 saturated heterocycles. The number of aromatic nitrogens is 1. The maximum absolute atomic E-state index is 5.41. The average Bonchev–Trinajstić information content (AvgIpc) is 2.98. The Morgan fingerprint density at radius 1 is 1.30 bits per heavy atom. The molecule has 0 aliphatic carbocycles. The van der Waals surface area contributed by atoms with Crippen LogP contribution in [0.4, 0.5) is 5.69 Å². The van der Waals surface area contributed by atoms with Crippen molar-refractivity contribution in [2.24, 2.45) is 0 Å². The SMILES string of the molecule is CCNC(C)c1ccc(N(CC)Cc2ccco2)cn1. The quantitative estimate of drug-likeness (QED) is 0.839. The van der Waals surface area contributed by atoms with Crippen LogP contribution in [0.2, 0.25) is 0 Å². The van der Waals surface area contributed by atoms with Gasteiger partial charge in [0, 0.05) is 12.6 Å². The molecule has 0 aliphatic rings. The van der Waals surface area contributed by atoms with E-state index in [-0.39, 0.29) is 6.04 Å². The van der Waals surface area contributed by atoms with Gasteiger partial charge in [0.1, 0.15) is 5.76 Å². The second-order valence-corrected chi connectivity index (χ2v) is 4.81. The first-order valence-corrected chi connectivity index (χ1v) is 7.21. The van der Waals surface area contributed by atoms with E-state index in [0.717, 1.165) is 36.8 Å². The van der Waals surface area contributed by atoms with Crippen LogP contribution in [-0.4, -0.2) is 18.1 Å². The highest BCUT2D eigenvalue weighted by Crippen LogP contribution is 2.18. The fourth-order valence-corrected chi connectivity index (χ4v) is 2.23. The van der Waals surface area contributed by atoms with Crippen molar-refractivity contribution in [3.05, 3.63) is 48.2 Å². The molecule has 2 rings (SSSR count). The second-order valence-electron chi connectivity index (χ2n) is 4.81. The van der Waals surface area contributed by atoms with E-state index in [9.17, 15) is 0 Å². The summed E-state index contributed by atoms with van der Waals surface area (Å²) in [6, 6.07) is 8.42. The summed E-state index contributed by atoms with van der Waals surface area (Å²) in [6.07, 6.45) is 3.65. The molecule has 0 amide bonds. The van der Waals surface area contributed by atoms with Crippen molar-refractivity contribution in [2.75, 3.05) is 18.0 Å². The van der Waals surface area contributed by atoms with Gasteiger partial charge in [0.05, 0.1) is 30.4 Å². The minimum Gasteiger partial charge on any atom is -0.467 e. The van der Waals surface area contributed by atoms with Crippen molar-refractivity contribution in [3.63, 3.8) is 0 Å². The standard InChI is InChI=1S/C16H23N3O/c1-4-17-13(3)16-9-8-14(11-18-16)19(5-2)12-15-7-6-10-20-15/h6-11,13,17H,4-5,12H2,1-3H3. The lowest BCUT2D eigenvalue weighted by atomic mass is 10.2. The van der Waals surface area contributed by atoms with Crippen LogP contribution in [0.5, 0.6) is 0 Å². The van der Waals surface area contributed by atoms with E-state index in [1.54, 1.807) is 6.26 Å². The highest BCUT2D eigenvalue weighted by molar-refractivity contribution is 5.44. The Morgan fingerprint density at radius 3 is 2.70 bits per heavy atom. The molecule has 2 aromatic rings. The van der Waals surface area contributed by atoms with Gasteiger partial charge in [-0.15, -0.1) is 0 Å². The van der Waals surface area contributed by atoms with Gasteiger partial charge in [-0.05, 0) is 44.7 Å². The fourth-order valence-electron chi connectivity index (χ4n) is 2.23. The highest BCUT2D eigenvalue weighted by Gasteiger charge is 2.09. The Kier molecular flexibility index (Phi) is 5.18. The monoisotopic (exact) mass is 273 g/mol. The molecule has 1 unspecified atom stereocenters. The van der Waals surface area contributed by atoms with Crippen LogP contribution in [0.25, 0.3) is 0 Å². The molecule has 2 aromatic heterocycles. The fraction of sp³-hybridized carbons (Fsp3) is 0.438. The first kappa shape index (κ1) is 14.6. The summed E-state index contributed by atoms with van der Waals surface area (Å²) in [4.78, 5) is 6.80. The molecule has 0 spiro atoms. The van der Waals surface area contributed by atoms with E-state index in [1.165, 1.54) is 0 Å². The van der Waals surface area contributed by atoms with Gasteiger partial charge in [0.2, 0.25) is 0 Å². The number of nitrogens with zero attached hydrogens (tertiary/aromatic N) is 2. The number of hydrogen-bond acceptors (Lipinski definition) is 4. The molecular formula is C16H23N3O. The van der Waals surface area contributed by atoms with Gasteiger partial charge in [-0.1, -0.05) is 6.92 Å². The van der Waals surface area contributed by atoms with Crippen LogP contribution in [-0.2, 0) is 6.54 Å². The number of anilines is 1. The van der Waals surface area contributed by atoms with Gasteiger partial charge in [-0.2, -0.15) is 0 Å². The minimum absolute atomic E-state index is 0.286. The third-order valence-electron chi connectivity index (χ3n) is 3.40. The summed E-state index contributed by atoms with van der Waals surface area (Å²) in [5, 5.41) is 3.37. The van der Waals surface area contributed by atoms with E-state index in [4.69, 9.17) is 4.42 Å². The lowest BCUT2D eigenvalue weighted by Gasteiger charge is -2.22. The van der Waals surface area contributed by atoms with Gasteiger partial charge in [0.15, 0.2) is 0 Å². The maximum Gasteiger partial charge on any atom is 0.123 e. The van der Waals surface area contributed by atoms with Gasteiger partial charge < -0.3 is 14.6 Å². The lowest BCUT2D eigenvalue weighted by molar-refractivity contribution is 0.503. The van der Waals surface area contributed by atoms with Gasteiger partial charge in [-0.25, -0.2) is 0 Å². The first-order valence-electron chi connectivity index (χ1n) is 7.21. The zero-order valence-corrected chi connectivity index (χ0v) is 12.5. The molecule has 1 N–H and O–H groups in total. The predicted octanol–water partition coefficient (Wildman–Crippen LogP) is 3.37. The molecular weight excluding hydrogens is 250 g/mol. The zero-order chi connectivity index (χ0) is 14.4. The molecule has 108 valence electrons. The number of pyridine rings is 1. The van der Waals surface area contributed by atoms with Crippen LogP contribution in [0.1, 0.15) is 38.3 Å². The Labute approximate surface area is 120 Å². The summed E-state index contributed by atoms with van der Waals surface area (Å²) in [5.41, 5.74) is 2.20. The molecule has 4 nitrogen and oxygen atoms in total. The third kappa shape index (κ3) is 3.61. The number of nitrogens with one attached hydrogen (secondary N) is 1. The Bertz CT molecular complexity index is 493. The minimum atomic E-state index is 0.286. The Hall–Kier alpha value is -1.81. The first-order chi connectivity index (χ1) is 9.74. The summed E-state index contributed by atoms with van der Waals surface area (Å²) < 4.78 is 5.41. The molecule has 4 heteroatoms. The molecule has 0 saturated carbocycles. The Balaban J connectivity index is 2.07. The van der Waals surface area contributed by atoms with Crippen molar-refractivity contribution in [2.45, 2.75) is 33.4 Å². The molecule has 0 radical (unpaired) electrons.